The minimum Gasteiger partial charge on any atom is -0.452 e. The van der Waals surface area contributed by atoms with E-state index in [1.807, 2.05) is 6.07 Å². The second kappa shape index (κ2) is 9.28. The number of ketones is 1. The molecule has 0 bridgehead atoms. The molecular weight excluding hydrogens is 348 g/mol. The number of ether oxygens (including phenoxy) is 1. The molecule has 0 aliphatic heterocycles. The standard InChI is InChI=1S/C20H20N2O5/c1-21-17(23)12-22(2)18(24)13-27-20(26)16-10-8-15(9-11-16)19(25)14-6-4-3-5-7-14/h3-11H,12-13H2,1-2H3,(H,21,23). The summed E-state index contributed by atoms with van der Waals surface area (Å²) in [5.41, 5.74) is 1.22. The third-order valence-corrected chi connectivity index (χ3v) is 3.83. The summed E-state index contributed by atoms with van der Waals surface area (Å²) in [5.74, 6) is -1.66. The second-order valence-corrected chi connectivity index (χ2v) is 5.77. The van der Waals surface area contributed by atoms with Crippen molar-refractivity contribution >= 4 is 23.6 Å². The first-order valence-electron chi connectivity index (χ1n) is 8.24. The maximum absolute atomic E-state index is 12.3. The number of nitrogens with zero attached hydrogens (tertiary/aromatic N) is 1. The summed E-state index contributed by atoms with van der Waals surface area (Å²) < 4.78 is 4.96. The lowest BCUT2D eigenvalue weighted by atomic mass is 10.0. The molecule has 0 aromatic heterocycles. The fourth-order valence-corrected chi connectivity index (χ4v) is 2.22. The summed E-state index contributed by atoms with van der Waals surface area (Å²) in [4.78, 5) is 48.6. The predicted octanol–water partition coefficient (Wildman–Crippen LogP) is 1.28. The molecule has 0 aliphatic rings. The van der Waals surface area contributed by atoms with Crippen LogP contribution < -0.4 is 5.32 Å². The van der Waals surface area contributed by atoms with Crippen molar-refractivity contribution in [3.05, 3.63) is 71.3 Å². The monoisotopic (exact) mass is 368 g/mol. The quantitative estimate of drug-likeness (QED) is 0.587. The van der Waals surface area contributed by atoms with Crippen LogP contribution in [0.4, 0.5) is 0 Å². The zero-order chi connectivity index (χ0) is 19.8. The number of amides is 2. The molecule has 2 aromatic carbocycles. The molecule has 0 heterocycles. The zero-order valence-electron chi connectivity index (χ0n) is 15.1. The summed E-state index contributed by atoms with van der Waals surface area (Å²) in [6.45, 7) is -0.597. The molecule has 0 unspecified atom stereocenters. The Labute approximate surface area is 156 Å². The Hall–Kier alpha value is -3.48. The van der Waals surface area contributed by atoms with Gasteiger partial charge >= 0.3 is 5.97 Å². The Morgan fingerprint density at radius 1 is 0.889 bits per heavy atom. The van der Waals surface area contributed by atoms with Gasteiger partial charge in [0, 0.05) is 25.2 Å². The third-order valence-electron chi connectivity index (χ3n) is 3.83. The van der Waals surface area contributed by atoms with Gasteiger partial charge in [-0.3, -0.25) is 14.4 Å². The highest BCUT2D eigenvalue weighted by Gasteiger charge is 2.16. The van der Waals surface area contributed by atoms with Crippen molar-refractivity contribution in [2.45, 2.75) is 0 Å². The molecule has 7 heteroatoms. The van der Waals surface area contributed by atoms with Crippen LogP contribution in [0.2, 0.25) is 0 Å². The van der Waals surface area contributed by atoms with Crippen LogP contribution in [0.15, 0.2) is 54.6 Å². The molecular formula is C20H20N2O5. The SMILES string of the molecule is CNC(=O)CN(C)C(=O)COC(=O)c1ccc(C(=O)c2ccccc2)cc1. The molecule has 0 aliphatic carbocycles. The number of hydrogen-bond acceptors (Lipinski definition) is 5. The van der Waals surface area contributed by atoms with Crippen molar-refractivity contribution in [1.82, 2.24) is 10.2 Å². The molecule has 140 valence electrons. The lowest BCUT2D eigenvalue weighted by molar-refractivity contribution is -0.137. The molecule has 0 spiro atoms. The van der Waals surface area contributed by atoms with Gasteiger partial charge in [0.1, 0.15) is 0 Å². The van der Waals surface area contributed by atoms with Crippen LogP contribution in [0.1, 0.15) is 26.3 Å². The van der Waals surface area contributed by atoms with E-state index in [2.05, 4.69) is 5.32 Å². The van der Waals surface area contributed by atoms with E-state index in [9.17, 15) is 19.2 Å². The number of nitrogens with one attached hydrogen (secondary N) is 1. The first kappa shape index (κ1) is 19.8. The van der Waals surface area contributed by atoms with Gasteiger partial charge in [-0.15, -0.1) is 0 Å². The smallest absolute Gasteiger partial charge is 0.338 e. The van der Waals surface area contributed by atoms with Gasteiger partial charge in [-0.25, -0.2) is 4.79 Å². The largest absolute Gasteiger partial charge is 0.452 e. The van der Waals surface area contributed by atoms with E-state index in [0.29, 0.717) is 11.1 Å². The van der Waals surface area contributed by atoms with Crippen LogP contribution in [0.3, 0.4) is 0 Å². The molecule has 0 radical (unpaired) electrons. The topological polar surface area (TPSA) is 92.8 Å². The summed E-state index contributed by atoms with van der Waals surface area (Å²) in [7, 11) is 2.91. The normalized spacial score (nSPS) is 10.0. The van der Waals surface area contributed by atoms with Crippen molar-refractivity contribution in [3.63, 3.8) is 0 Å². The Kier molecular flexibility index (Phi) is 6.82. The fraction of sp³-hybridized carbons (Fsp3) is 0.200. The number of esters is 1. The van der Waals surface area contributed by atoms with Gasteiger partial charge in [-0.2, -0.15) is 0 Å². The number of rotatable bonds is 7. The molecule has 0 saturated carbocycles. The highest BCUT2D eigenvalue weighted by molar-refractivity contribution is 6.09. The first-order chi connectivity index (χ1) is 12.9. The molecule has 2 amide bonds. The lowest BCUT2D eigenvalue weighted by Crippen LogP contribution is -2.39. The number of carbonyl (C=O) groups excluding carboxylic acids is 4. The summed E-state index contributed by atoms with van der Waals surface area (Å²) in [5, 5.41) is 2.40. The van der Waals surface area contributed by atoms with E-state index in [1.165, 1.54) is 38.4 Å². The zero-order valence-corrected chi connectivity index (χ0v) is 15.1. The average Bonchev–Trinajstić information content (AvgIpc) is 2.71. The van der Waals surface area contributed by atoms with Gasteiger partial charge in [0.2, 0.25) is 5.91 Å². The Bertz CT molecular complexity index is 831. The van der Waals surface area contributed by atoms with Crippen molar-refractivity contribution in [3.8, 4) is 0 Å². The second-order valence-electron chi connectivity index (χ2n) is 5.77. The summed E-state index contributed by atoms with van der Waals surface area (Å²) >= 11 is 0. The average molecular weight is 368 g/mol. The number of benzene rings is 2. The van der Waals surface area contributed by atoms with Crippen LogP contribution in [-0.2, 0) is 14.3 Å². The van der Waals surface area contributed by atoms with Crippen LogP contribution in [0.25, 0.3) is 0 Å². The molecule has 2 rings (SSSR count). The van der Waals surface area contributed by atoms with E-state index < -0.39 is 18.5 Å². The molecule has 7 nitrogen and oxygen atoms in total. The predicted molar refractivity (Wildman–Crippen MR) is 98.3 cm³/mol. The van der Waals surface area contributed by atoms with E-state index in [0.717, 1.165) is 4.90 Å². The summed E-state index contributed by atoms with van der Waals surface area (Å²) in [6.07, 6.45) is 0. The first-order valence-corrected chi connectivity index (χ1v) is 8.24. The Morgan fingerprint density at radius 2 is 1.44 bits per heavy atom. The van der Waals surface area contributed by atoms with Crippen molar-refractivity contribution < 1.29 is 23.9 Å². The molecule has 1 N–H and O–H groups in total. The van der Waals surface area contributed by atoms with E-state index >= 15 is 0 Å². The molecule has 0 saturated heterocycles. The highest BCUT2D eigenvalue weighted by Crippen LogP contribution is 2.12. The molecule has 27 heavy (non-hydrogen) atoms. The third kappa shape index (κ3) is 5.50. The lowest BCUT2D eigenvalue weighted by Gasteiger charge is -2.15. The van der Waals surface area contributed by atoms with Crippen molar-refractivity contribution in [1.29, 1.82) is 0 Å². The van der Waals surface area contributed by atoms with Gasteiger partial charge < -0.3 is 15.0 Å². The minimum atomic E-state index is -0.685. The van der Waals surface area contributed by atoms with Crippen LogP contribution in [0.5, 0.6) is 0 Å². The van der Waals surface area contributed by atoms with Gasteiger partial charge in [0.05, 0.1) is 12.1 Å². The van der Waals surface area contributed by atoms with Crippen LogP contribution in [0, 0.1) is 0 Å². The number of carbonyl (C=O) groups is 4. The van der Waals surface area contributed by atoms with Crippen LogP contribution in [-0.4, -0.2) is 55.7 Å². The Balaban J connectivity index is 1.93. The van der Waals surface area contributed by atoms with Crippen molar-refractivity contribution in [2.24, 2.45) is 0 Å². The summed E-state index contributed by atoms with van der Waals surface area (Å²) in [6, 6.07) is 14.8. The number of hydrogen-bond donors (Lipinski definition) is 1. The van der Waals surface area contributed by atoms with Gasteiger partial charge in [-0.05, 0) is 12.1 Å². The van der Waals surface area contributed by atoms with E-state index in [-0.39, 0.29) is 23.8 Å². The Morgan fingerprint density at radius 3 is 2.04 bits per heavy atom. The maximum atomic E-state index is 12.3. The fourth-order valence-electron chi connectivity index (χ4n) is 2.22. The maximum Gasteiger partial charge on any atom is 0.338 e. The van der Waals surface area contributed by atoms with Crippen molar-refractivity contribution in [2.75, 3.05) is 27.2 Å². The highest BCUT2D eigenvalue weighted by atomic mass is 16.5. The van der Waals surface area contributed by atoms with Gasteiger partial charge in [0.25, 0.3) is 5.91 Å². The molecule has 0 atom stereocenters. The van der Waals surface area contributed by atoms with Crippen LogP contribution >= 0.6 is 0 Å². The van der Waals surface area contributed by atoms with Gasteiger partial charge in [-0.1, -0.05) is 42.5 Å². The molecule has 0 fully saturated rings. The molecule has 2 aromatic rings. The number of likely N-dealkylation sites (N-methyl/N-ethyl adjacent to an activating group) is 2. The van der Waals surface area contributed by atoms with E-state index in [1.54, 1.807) is 24.3 Å². The van der Waals surface area contributed by atoms with E-state index in [4.69, 9.17) is 4.74 Å². The minimum absolute atomic E-state index is 0.122. The van der Waals surface area contributed by atoms with Gasteiger partial charge in [0.15, 0.2) is 12.4 Å².